The van der Waals surface area contributed by atoms with E-state index in [-0.39, 0.29) is 6.04 Å². The van der Waals surface area contributed by atoms with Crippen molar-refractivity contribution in [2.75, 3.05) is 25.5 Å². The molecule has 96 valence electrons. The lowest BCUT2D eigenvalue weighted by molar-refractivity contribution is 0.127. The van der Waals surface area contributed by atoms with Gasteiger partial charge in [-0.1, -0.05) is 26.0 Å². The summed E-state index contributed by atoms with van der Waals surface area (Å²) in [5.74, 6) is 0. The Morgan fingerprint density at radius 2 is 1.76 bits per heavy atom. The average molecular weight is 236 g/mol. The highest BCUT2D eigenvalue weighted by Crippen LogP contribution is 2.21. The Kier molecular flexibility index (Phi) is 5.45. The molecular weight excluding hydrogens is 212 g/mol. The number of aliphatic hydroxyl groups excluding tert-OH is 1. The standard InChI is InChI=1S/C14H24N2O/c1-5-13(15-6-2)14(17)11-7-9-12(10-8-11)16(3)4/h7-10,13-15,17H,5-6H2,1-4H3. The van der Waals surface area contributed by atoms with E-state index < -0.39 is 6.10 Å². The molecule has 1 aromatic rings. The van der Waals surface area contributed by atoms with Crippen LogP contribution in [-0.2, 0) is 0 Å². The number of anilines is 1. The van der Waals surface area contributed by atoms with Crippen LogP contribution in [0.5, 0.6) is 0 Å². The minimum absolute atomic E-state index is 0.130. The van der Waals surface area contributed by atoms with Crippen LogP contribution in [-0.4, -0.2) is 31.8 Å². The summed E-state index contributed by atoms with van der Waals surface area (Å²) in [4.78, 5) is 2.05. The van der Waals surface area contributed by atoms with Gasteiger partial charge in [-0.25, -0.2) is 0 Å². The van der Waals surface area contributed by atoms with Gasteiger partial charge in [-0.05, 0) is 30.7 Å². The van der Waals surface area contributed by atoms with E-state index in [0.29, 0.717) is 0 Å². The Hall–Kier alpha value is -1.06. The van der Waals surface area contributed by atoms with E-state index in [4.69, 9.17) is 0 Å². The predicted molar refractivity (Wildman–Crippen MR) is 73.5 cm³/mol. The van der Waals surface area contributed by atoms with Crippen LogP contribution in [0.4, 0.5) is 5.69 Å². The Morgan fingerprint density at radius 1 is 1.18 bits per heavy atom. The SMILES string of the molecule is CCNC(CC)C(O)c1ccc(N(C)C)cc1. The van der Waals surface area contributed by atoms with Crippen molar-refractivity contribution in [2.24, 2.45) is 0 Å². The van der Waals surface area contributed by atoms with Crippen LogP contribution in [0.1, 0.15) is 31.9 Å². The van der Waals surface area contributed by atoms with Crippen molar-refractivity contribution >= 4 is 5.69 Å². The third-order valence-corrected chi connectivity index (χ3v) is 3.04. The molecule has 2 unspecified atom stereocenters. The number of hydrogen-bond acceptors (Lipinski definition) is 3. The molecule has 0 aliphatic heterocycles. The molecule has 0 amide bonds. The molecule has 0 saturated heterocycles. The van der Waals surface area contributed by atoms with Crippen molar-refractivity contribution in [1.82, 2.24) is 5.32 Å². The molecule has 0 radical (unpaired) electrons. The van der Waals surface area contributed by atoms with Gasteiger partial charge in [-0.15, -0.1) is 0 Å². The third kappa shape index (κ3) is 3.72. The van der Waals surface area contributed by atoms with Gasteiger partial charge in [0.1, 0.15) is 0 Å². The first kappa shape index (κ1) is 14.0. The normalized spacial score (nSPS) is 14.4. The number of likely N-dealkylation sites (N-methyl/N-ethyl adjacent to an activating group) is 1. The molecule has 0 fully saturated rings. The minimum Gasteiger partial charge on any atom is -0.387 e. The molecular formula is C14H24N2O. The van der Waals surface area contributed by atoms with Gasteiger partial charge in [0.2, 0.25) is 0 Å². The Bertz CT molecular complexity index is 321. The Morgan fingerprint density at radius 3 is 2.18 bits per heavy atom. The molecule has 2 atom stereocenters. The molecule has 2 N–H and O–H groups in total. The number of nitrogens with one attached hydrogen (secondary N) is 1. The van der Waals surface area contributed by atoms with Crippen molar-refractivity contribution < 1.29 is 5.11 Å². The van der Waals surface area contributed by atoms with Crippen molar-refractivity contribution in [3.8, 4) is 0 Å². The molecule has 0 aromatic heterocycles. The van der Waals surface area contributed by atoms with E-state index in [1.807, 2.05) is 38.4 Å². The van der Waals surface area contributed by atoms with Crippen LogP contribution in [0, 0.1) is 0 Å². The van der Waals surface area contributed by atoms with Crippen LogP contribution < -0.4 is 10.2 Å². The van der Waals surface area contributed by atoms with Gasteiger partial charge in [0.15, 0.2) is 0 Å². The number of rotatable bonds is 6. The topological polar surface area (TPSA) is 35.5 Å². The Labute approximate surface area is 104 Å². The zero-order chi connectivity index (χ0) is 12.8. The predicted octanol–water partition coefficient (Wildman–Crippen LogP) is 2.17. The first-order valence-corrected chi connectivity index (χ1v) is 6.28. The first-order valence-electron chi connectivity index (χ1n) is 6.28. The molecule has 17 heavy (non-hydrogen) atoms. The summed E-state index contributed by atoms with van der Waals surface area (Å²) >= 11 is 0. The van der Waals surface area contributed by atoms with Gasteiger partial charge in [-0.2, -0.15) is 0 Å². The molecule has 0 saturated carbocycles. The molecule has 3 nitrogen and oxygen atoms in total. The summed E-state index contributed by atoms with van der Waals surface area (Å²) in [5, 5.41) is 13.6. The lowest BCUT2D eigenvalue weighted by atomic mass is 10.00. The monoisotopic (exact) mass is 236 g/mol. The highest BCUT2D eigenvalue weighted by atomic mass is 16.3. The second kappa shape index (κ2) is 6.62. The fourth-order valence-electron chi connectivity index (χ4n) is 1.94. The average Bonchev–Trinajstić information content (AvgIpc) is 2.35. The number of aliphatic hydroxyl groups is 1. The molecule has 0 heterocycles. The summed E-state index contributed by atoms with van der Waals surface area (Å²) in [6.07, 6.45) is 0.487. The molecule has 0 aliphatic rings. The van der Waals surface area contributed by atoms with E-state index in [1.54, 1.807) is 0 Å². The lowest BCUT2D eigenvalue weighted by Gasteiger charge is -2.23. The lowest BCUT2D eigenvalue weighted by Crippen LogP contribution is -2.34. The first-order chi connectivity index (χ1) is 8.10. The third-order valence-electron chi connectivity index (χ3n) is 3.04. The molecule has 0 aliphatic carbocycles. The van der Waals surface area contributed by atoms with Crippen LogP contribution in [0.3, 0.4) is 0 Å². The van der Waals surface area contributed by atoms with Crippen molar-refractivity contribution in [1.29, 1.82) is 0 Å². The zero-order valence-corrected chi connectivity index (χ0v) is 11.3. The largest absolute Gasteiger partial charge is 0.387 e. The summed E-state index contributed by atoms with van der Waals surface area (Å²) in [5.41, 5.74) is 2.13. The van der Waals surface area contributed by atoms with Gasteiger partial charge >= 0.3 is 0 Å². The van der Waals surface area contributed by atoms with Gasteiger partial charge in [0.25, 0.3) is 0 Å². The molecule has 1 rings (SSSR count). The van der Waals surface area contributed by atoms with E-state index in [0.717, 1.165) is 24.2 Å². The van der Waals surface area contributed by atoms with Crippen LogP contribution in [0.15, 0.2) is 24.3 Å². The number of nitrogens with zero attached hydrogens (tertiary/aromatic N) is 1. The Balaban J connectivity index is 2.77. The highest BCUT2D eigenvalue weighted by Gasteiger charge is 2.17. The second-order valence-electron chi connectivity index (χ2n) is 4.50. The zero-order valence-electron chi connectivity index (χ0n) is 11.3. The van der Waals surface area contributed by atoms with Gasteiger partial charge < -0.3 is 15.3 Å². The summed E-state index contributed by atoms with van der Waals surface area (Å²) in [6.45, 7) is 5.03. The van der Waals surface area contributed by atoms with Gasteiger partial charge in [-0.3, -0.25) is 0 Å². The minimum atomic E-state index is -0.434. The summed E-state index contributed by atoms with van der Waals surface area (Å²) in [7, 11) is 4.03. The van der Waals surface area contributed by atoms with Crippen LogP contribution >= 0.6 is 0 Å². The molecule has 1 aromatic carbocycles. The van der Waals surface area contributed by atoms with Gasteiger partial charge in [0.05, 0.1) is 6.10 Å². The second-order valence-corrected chi connectivity index (χ2v) is 4.50. The quantitative estimate of drug-likeness (QED) is 0.794. The maximum Gasteiger partial charge on any atom is 0.0942 e. The van der Waals surface area contributed by atoms with Crippen LogP contribution in [0.2, 0.25) is 0 Å². The van der Waals surface area contributed by atoms with Crippen molar-refractivity contribution in [3.05, 3.63) is 29.8 Å². The van der Waals surface area contributed by atoms with Crippen LogP contribution in [0.25, 0.3) is 0 Å². The maximum atomic E-state index is 10.3. The molecule has 3 heteroatoms. The highest BCUT2D eigenvalue weighted by molar-refractivity contribution is 5.46. The van der Waals surface area contributed by atoms with Crippen molar-refractivity contribution in [2.45, 2.75) is 32.4 Å². The summed E-state index contributed by atoms with van der Waals surface area (Å²) in [6, 6.07) is 8.21. The fraction of sp³-hybridized carbons (Fsp3) is 0.571. The van der Waals surface area contributed by atoms with E-state index in [9.17, 15) is 5.11 Å². The van der Waals surface area contributed by atoms with Crippen molar-refractivity contribution in [3.63, 3.8) is 0 Å². The maximum absolute atomic E-state index is 10.3. The number of hydrogen-bond donors (Lipinski definition) is 2. The smallest absolute Gasteiger partial charge is 0.0942 e. The number of benzene rings is 1. The summed E-state index contributed by atoms with van der Waals surface area (Å²) < 4.78 is 0. The van der Waals surface area contributed by atoms with E-state index in [2.05, 4.69) is 24.1 Å². The molecule has 0 bridgehead atoms. The fourth-order valence-corrected chi connectivity index (χ4v) is 1.94. The van der Waals surface area contributed by atoms with E-state index in [1.165, 1.54) is 0 Å². The molecule has 0 spiro atoms. The van der Waals surface area contributed by atoms with Gasteiger partial charge in [0, 0.05) is 25.8 Å². The van der Waals surface area contributed by atoms with E-state index >= 15 is 0 Å².